The molecule has 0 radical (unpaired) electrons. The largest absolute Gasteiger partial charge is 0.395 e. The number of carbonyl (C=O) groups excluding carboxylic acids is 1. The third-order valence-electron chi connectivity index (χ3n) is 2.97. The zero-order valence-corrected chi connectivity index (χ0v) is 11.9. The second kappa shape index (κ2) is 7.75. The van der Waals surface area contributed by atoms with E-state index >= 15 is 0 Å². The molecule has 1 rings (SSSR count). The van der Waals surface area contributed by atoms with Gasteiger partial charge < -0.3 is 14.7 Å². The summed E-state index contributed by atoms with van der Waals surface area (Å²) in [6.07, 6.45) is 0.723. The third kappa shape index (κ3) is 4.39. The molecule has 0 aromatic carbocycles. The molecule has 0 aromatic heterocycles. The standard InChI is InChI=1S/C10H21N3O5S/c1-18-9-7-13(6-8-14)19(16,17)12-4-2-11(10-15)3-5-12/h10,14H,2-9H2,1H3. The Bertz CT molecular complexity index is 367. The molecule has 19 heavy (non-hydrogen) atoms. The van der Waals surface area contributed by atoms with Crippen LogP contribution in [0.3, 0.4) is 0 Å². The first-order valence-electron chi connectivity index (χ1n) is 6.10. The fourth-order valence-corrected chi connectivity index (χ4v) is 3.42. The molecular weight excluding hydrogens is 274 g/mol. The summed E-state index contributed by atoms with van der Waals surface area (Å²) in [4.78, 5) is 12.1. The van der Waals surface area contributed by atoms with Crippen LogP contribution in [-0.2, 0) is 19.7 Å². The Hall–Kier alpha value is -0.740. The lowest BCUT2D eigenvalue weighted by molar-refractivity contribution is -0.119. The Morgan fingerprint density at radius 1 is 1.26 bits per heavy atom. The summed E-state index contributed by atoms with van der Waals surface area (Å²) in [6, 6.07) is 0. The Kier molecular flexibility index (Phi) is 6.66. The molecule has 8 nitrogen and oxygen atoms in total. The van der Waals surface area contributed by atoms with Crippen LogP contribution >= 0.6 is 0 Å². The van der Waals surface area contributed by atoms with Crippen molar-refractivity contribution in [2.75, 3.05) is 59.6 Å². The first kappa shape index (κ1) is 16.3. The summed E-state index contributed by atoms with van der Waals surface area (Å²) in [5.74, 6) is 0. The van der Waals surface area contributed by atoms with Crippen LogP contribution in [0.2, 0.25) is 0 Å². The Labute approximate surface area is 113 Å². The number of carbonyl (C=O) groups is 1. The molecule has 0 aliphatic carbocycles. The molecule has 1 aliphatic rings. The molecule has 0 saturated carbocycles. The second-order valence-electron chi connectivity index (χ2n) is 4.16. The van der Waals surface area contributed by atoms with Gasteiger partial charge in [0.05, 0.1) is 13.2 Å². The molecule has 9 heteroatoms. The number of nitrogens with zero attached hydrogens (tertiary/aromatic N) is 3. The van der Waals surface area contributed by atoms with Crippen molar-refractivity contribution in [3.8, 4) is 0 Å². The highest BCUT2D eigenvalue weighted by Crippen LogP contribution is 2.11. The van der Waals surface area contributed by atoms with Gasteiger partial charge in [-0.3, -0.25) is 4.79 Å². The lowest BCUT2D eigenvalue weighted by Gasteiger charge is -2.35. The van der Waals surface area contributed by atoms with E-state index in [2.05, 4.69) is 0 Å². The van der Waals surface area contributed by atoms with Crippen LogP contribution < -0.4 is 0 Å². The van der Waals surface area contributed by atoms with Crippen molar-refractivity contribution in [2.45, 2.75) is 0 Å². The average molecular weight is 295 g/mol. The van der Waals surface area contributed by atoms with E-state index in [0.717, 1.165) is 6.41 Å². The molecule has 1 amide bonds. The number of rotatable bonds is 8. The van der Waals surface area contributed by atoms with Gasteiger partial charge in [0, 0.05) is 46.4 Å². The predicted octanol–water partition coefficient (Wildman–Crippen LogP) is -2.05. The van der Waals surface area contributed by atoms with Gasteiger partial charge in [-0.15, -0.1) is 0 Å². The maximum atomic E-state index is 12.4. The summed E-state index contributed by atoms with van der Waals surface area (Å²) in [6.45, 7) is 1.60. The number of aliphatic hydroxyl groups is 1. The predicted molar refractivity (Wildman–Crippen MR) is 68.7 cm³/mol. The van der Waals surface area contributed by atoms with Crippen LogP contribution in [0.1, 0.15) is 0 Å². The lowest BCUT2D eigenvalue weighted by atomic mass is 10.4. The number of hydrogen-bond acceptors (Lipinski definition) is 5. The Morgan fingerprint density at radius 2 is 1.89 bits per heavy atom. The lowest BCUT2D eigenvalue weighted by Crippen LogP contribution is -2.53. The molecule has 0 spiro atoms. The van der Waals surface area contributed by atoms with Gasteiger partial charge in [-0.1, -0.05) is 0 Å². The second-order valence-corrected chi connectivity index (χ2v) is 6.09. The molecule has 0 atom stereocenters. The molecular formula is C10H21N3O5S. The molecule has 1 N–H and O–H groups in total. The van der Waals surface area contributed by atoms with Gasteiger partial charge in [0.2, 0.25) is 6.41 Å². The highest BCUT2D eigenvalue weighted by molar-refractivity contribution is 7.86. The molecule has 1 fully saturated rings. The monoisotopic (exact) mass is 295 g/mol. The van der Waals surface area contributed by atoms with Crippen LogP contribution in [0.15, 0.2) is 0 Å². The minimum atomic E-state index is -3.61. The number of ether oxygens (including phenoxy) is 1. The molecule has 1 aliphatic heterocycles. The van der Waals surface area contributed by atoms with E-state index in [-0.39, 0.29) is 39.4 Å². The quantitative estimate of drug-likeness (QED) is 0.520. The number of methoxy groups -OCH3 is 1. The topological polar surface area (TPSA) is 90.4 Å². The van der Waals surface area contributed by atoms with E-state index in [0.29, 0.717) is 13.1 Å². The van der Waals surface area contributed by atoms with Gasteiger partial charge in [-0.25, -0.2) is 0 Å². The number of aliphatic hydroxyl groups excluding tert-OH is 1. The third-order valence-corrected chi connectivity index (χ3v) is 5.00. The maximum absolute atomic E-state index is 12.4. The minimum Gasteiger partial charge on any atom is -0.395 e. The molecule has 0 unspecified atom stereocenters. The highest BCUT2D eigenvalue weighted by atomic mass is 32.2. The van der Waals surface area contributed by atoms with Gasteiger partial charge in [0.25, 0.3) is 10.2 Å². The Balaban J connectivity index is 2.68. The average Bonchev–Trinajstić information content (AvgIpc) is 2.43. The van der Waals surface area contributed by atoms with Crippen LogP contribution in [0.5, 0.6) is 0 Å². The van der Waals surface area contributed by atoms with Crippen molar-refractivity contribution in [3.05, 3.63) is 0 Å². The number of piperazine rings is 1. The molecule has 0 aromatic rings. The van der Waals surface area contributed by atoms with Gasteiger partial charge in [-0.2, -0.15) is 17.0 Å². The summed E-state index contributed by atoms with van der Waals surface area (Å²) in [5.41, 5.74) is 0. The minimum absolute atomic E-state index is 0.0413. The van der Waals surface area contributed by atoms with E-state index in [1.54, 1.807) is 0 Å². The van der Waals surface area contributed by atoms with E-state index in [4.69, 9.17) is 9.84 Å². The van der Waals surface area contributed by atoms with Gasteiger partial charge in [0.15, 0.2) is 0 Å². The summed E-state index contributed by atoms with van der Waals surface area (Å²) in [5, 5.41) is 8.96. The van der Waals surface area contributed by atoms with E-state index in [1.807, 2.05) is 0 Å². The van der Waals surface area contributed by atoms with Crippen molar-refractivity contribution in [3.63, 3.8) is 0 Å². The molecule has 1 heterocycles. The van der Waals surface area contributed by atoms with E-state index < -0.39 is 10.2 Å². The summed E-state index contributed by atoms with van der Waals surface area (Å²) < 4.78 is 32.1. The normalized spacial score (nSPS) is 17.9. The molecule has 1 saturated heterocycles. The highest BCUT2D eigenvalue weighted by Gasteiger charge is 2.31. The van der Waals surface area contributed by atoms with Gasteiger partial charge in [-0.05, 0) is 0 Å². The fourth-order valence-electron chi connectivity index (χ4n) is 1.85. The first-order chi connectivity index (χ1) is 9.06. The van der Waals surface area contributed by atoms with Crippen molar-refractivity contribution in [1.29, 1.82) is 0 Å². The summed E-state index contributed by atoms with van der Waals surface area (Å²) in [7, 11) is -2.11. The van der Waals surface area contributed by atoms with Gasteiger partial charge in [0.1, 0.15) is 0 Å². The van der Waals surface area contributed by atoms with Crippen molar-refractivity contribution < 1.29 is 23.1 Å². The first-order valence-corrected chi connectivity index (χ1v) is 7.50. The van der Waals surface area contributed by atoms with E-state index in [1.165, 1.54) is 20.6 Å². The van der Waals surface area contributed by atoms with Crippen molar-refractivity contribution in [2.24, 2.45) is 0 Å². The van der Waals surface area contributed by atoms with Crippen LogP contribution in [-0.4, -0.2) is 93.0 Å². The fraction of sp³-hybridized carbons (Fsp3) is 0.900. The van der Waals surface area contributed by atoms with E-state index in [9.17, 15) is 13.2 Å². The van der Waals surface area contributed by atoms with Crippen molar-refractivity contribution in [1.82, 2.24) is 13.5 Å². The van der Waals surface area contributed by atoms with Crippen molar-refractivity contribution >= 4 is 16.6 Å². The molecule has 112 valence electrons. The maximum Gasteiger partial charge on any atom is 0.282 e. The van der Waals surface area contributed by atoms with Gasteiger partial charge >= 0.3 is 0 Å². The molecule has 0 bridgehead atoms. The van der Waals surface area contributed by atoms with Crippen LogP contribution in [0.4, 0.5) is 0 Å². The smallest absolute Gasteiger partial charge is 0.282 e. The number of hydrogen-bond donors (Lipinski definition) is 1. The Morgan fingerprint density at radius 3 is 2.37 bits per heavy atom. The zero-order chi connectivity index (χ0) is 14.3. The SMILES string of the molecule is COCCN(CCO)S(=O)(=O)N1CCN(C=O)CC1. The zero-order valence-electron chi connectivity index (χ0n) is 11.1. The van der Waals surface area contributed by atoms with Crippen LogP contribution in [0.25, 0.3) is 0 Å². The van der Waals surface area contributed by atoms with Crippen LogP contribution in [0, 0.1) is 0 Å². The summed E-state index contributed by atoms with van der Waals surface area (Å²) >= 11 is 0. The number of amides is 1.